The van der Waals surface area contributed by atoms with E-state index in [1.165, 1.54) is 0 Å². The van der Waals surface area contributed by atoms with Gasteiger partial charge in [-0.15, -0.1) is 0 Å². The van der Waals surface area contributed by atoms with Gasteiger partial charge in [0.2, 0.25) is 5.78 Å². The first-order valence-electron chi connectivity index (χ1n) is 9.96. The van der Waals surface area contributed by atoms with E-state index >= 15 is 0 Å². The van der Waals surface area contributed by atoms with Crippen molar-refractivity contribution in [2.75, 3.05) is 0 Å². The van der Waals surface area contributed by atoms with Gasteiger partial charge in [-0.2, -0.15) is 0 Å². The quantitative estimate of drug-likeness (QED) is 0.482. The van der Waals surface area contributed by atoms with Crippen LogP contribution in [0.5, 0.6) is 0 Å². The monoisotopic (exact) mass is 398 g/mol. The molecule has 0 spiro atoms. The second kappa shape index (κ2) is 6.23. The fraction of sp³-hybridized carbons (Fsp3) is 0.231. The lowest BCUT2D eigenvalue weighted by Crippen LogP contribution is -2.52. The van der Waals surface area contributed by atoms with Gasteiger partial charge < -0.3 is 4.74 Å². The minimum Gasteiger partial charge on any atom is -0.333 e. The zero-order chi connectivity index (χ0) is 20.3. The van der Waals surface area contributed by atoms with Crippen molar-refractivity contribution in [3.05, 3.63) is 107 Å². The van der Waals surface area contributed by atoms with E-state index in [0.717, 1.165) is 35.8 Å². The van der Waals surface area contributed by atoms with E-state index in [2.05, 4.69) is 32.9 Å². The molecule has 0 radical (unpaired) electrons. The molecule has 2 aliphatic heterocycles. The Kier molecular flexibility index (Phi) is 3.97. The van der Waals surface area contributed by atoms with Crippen LogP contribution in [0.3, 0.4) is 0 Å². The average molecular weight is 398 g/mol. The number of ether oxygens (including phenoxy) is 1. The van der Waals surface area contributed by atoms with Crippen molar-refractivity contribution in [3.8, 4) is 0 Å². The molecule has 3 aromatic rings. The van der Waals surface area contributed by atoms with Crippen LogP contribution in [0, 0.1) is 5.41 Å². The van der Waals surface area contributed by atoms with Crippen molar-refractivity contribution in [2.24, 2.45) is 5.41 Å². The van der Waals surface area contributed by atoms with Crippen LogP contribution >= 0.6 is 8.20 Å². The van der Waals surface area contributed by atoms with Crippen molar-refractivity contribution in [1.82, 2.24) is 0 Å². The summed E-state index contributed by atoms with van der Waals surface area (Å²) in [6.45, 7) is 6.54. The van der Waals surface area contributed by atoms with Gasteiger partial charge in [-0.1, -0.05) is 114 Å². The Labute approximate surface area is 173 Å². The molecule has 5 rings (SSSR count). The molecule has 2 atom stereocenters. The van der Waals surface area contributed by atoms with Crippen LogP contribution in [0.15, 0.2) is 84.9 Å². The lowest BCUT2D eigenvalue weighted by Gasteiger charge is -2.43. The highest BCUT2D eigenvalue weighted by molar-refractivity contribution is 7.43. The Morgan fingerprint density at radius 2 is 1.31 bits per heavy atom. The minimum atomic E-state index is -1.08. The molecule has 3 aromatic carbocycles. The fourth-order valence-corrected chi connectivity index (χ4v) is 6.46. The van der Waals surface area contributed by atoms with Crippen LogP contribution in [-0.4, -0.2) is 11.1 Å². The fourth-order valence-electron chi connectivity index (χ4n) is 4.60. The third-order valence-corrected chi connectivity index (χ3v) is 7.93. The normalized spacial score (nSPS) is 26.0. The second-order valence-electron chi connectivity index (χ2n) is 8.74. The number of carbonyl (C=O) groups excluding carboxylic acids is 1. The number of carbonyl (C=O) groups is 1. The molecular weight excluding hydrogens is 375 g/mol. The molecule has 3 heteroatoms. The Morgan fingerprint density at radius 3 is 1.93 bits per heavy atom. The second-order valence-corrected chi connectivity index (χ2v) is 10.0. The summed E-state index contributed by atoms with van der Waals surface area (Å²) in [6.07, 6.45) is 0. The van der Waals surface area contributed by atoms with Gasteiger partial charge in [0, 0.05) is 16.4 Å². The molecule has 0 unspecified atom stereocenters. The number of rotatable bonds is 2. The molecule has 2 bridgehead atoms. The lowest BCUT2D eigenvalue weighted by molar-refractivity contribution is -0.0443. The molecule has 0 saturated carbocycles. The van der Waals surface area contributed by atoms with Crippen LogP contribution in [0.1, 0.15) is 47.8 Å². The van der Waals surface area contributed by atoms with Crippen molar-refractivity contribution in [1.29, 1.82) is 0 Å². The highest BCUT2D eigenvalue weighted by Gasteiger charge is 2.64. The SMILES string of the molecule is CC(C)(C)C1=P[C@]2(c3ccccc3)O[C@@]1(c1ccccc1)C(=O)c1ccccc12. The summed E-state index contributed by atoms with van der Waals surface area (Å²) in [5, 5.41) is 0.422. The van der Waals surface area contributed by atoms with E-state index in [9.17, 15) is 4.79 Å². The molecule has 0 fully saturated rings. The number of hydrogen-bond donors (Lipinski definition) is 0. The van der Waals surface area contributed by atoms with Gasteiger partial charge in [-0.25, -0.2) is 0 Å². The molecule has 144 valence electrons. The van der Waals surface area contributed by atoms with Crippen LogP contribution in [0.4, 0.5) is 0 Å². The zero-order valence-corrected chi connectivity index (χ0v) is 17.7. The van der Waals surface area contributed by atoms with Crippen LogP contribution in [0.25, 0.3) is 0 Å². The van der Waals surface area contributed by atoms with Crippen molar-refractivity contribution < 1.29 is 9.53 Å². The van der Waals surface area contributed by atoms with Crippen molar-refractivity contribution in [3.63, 3.8) is 0 Å². The third-order valence-electron chi connectivity index (χ3n) is 5.82. The molecule has 0 amide bonds. The summed E-state index contributed by atoms with van der Waals surface area (Å²) in [5.41, 5.74) is 2.44. The predicted octanol–water partition coefficient (Wildman–Crippen LogP) is 6.17. The van der Waals surface area contributed by atoms with Gasteiger partial charge >= 0.3 is 0 Å². The molecule has 29 heavy (non-hydrogen) atoms. The number of ketones is 1. The van der Waals surface area contributed by atoms with E-state index in [-0.39, 0.29) is 11.2 Å². The van der Waals surface area contributed by atoms with E-state index < -0.39 is 10.9 Å². The number of benzene rings is 3. The standard InChI is InChI=1S/C26H23O2P/c1-24(2,3)23-25(18-12-6-4-7-13-18)22(27)20-16-10-11-17-21(20)26(28-25,29-23)19-14-8-5-9-15-19/h4-17H,1-3H3/t25-,26-/m0/s1. The molecule has 0 aromatic heterocycles. The largest absolute Gasteiger partial charge is 0.333 e. The molecule has 0 aliphatic carbocycles. The van der Waals surface area contributed by atoms with Gasteiger partial charge in [-0.05, 0) is 16.5 Å². The Morgan fingerprint density at radius 1 is 0.759 bits per heavy atom. The maximum absolute atomic E-state index is 14.1. The van der Waals surface area contributed by atoms with Gasteiger partial charge in [0.1, 0.15) is 0 Å². The lowest BCUT2D eigenvalue weighted by atomic mass is 9.71. The highest BCUT2D eigenvalue weighted by Crippen LogP contribution is 2.63. The number of fused-ring (bicyclic) bond motifs is 4. The summed E-state index contributed by atoms with van der Waals surface area (Å²) in [7, 11) is 1.03. The van der Waals surface area contributed by atoms with E-state index in [1.807, 2.05) is 72.8 Å². The molecule has 0 saturated heterocycles. The van der Waals surface area contributed by atoms with Crippen LogP contribution in [-0.2, 0) is 15.7 Å². The van der Waals surface area contributed by atoms with E-state index in [4.69, 9.17) is 4.74 Å². The molecule has 0 N–H and O–H groups in total. The Balaban J connectivity index is 1.91. The molecule has 2 nitrogen and oxygen atoms in total. The highest BCUT2D eigenvalue weighted by atomic mass is 31.1. The van der Waals surface area contributed by atoms with Gasteiger partial charge in [0.15, 0.2) is 10.9 Å². The van der Waals surface area contributed by atoms with E-state index in [0.29, 0.717) is 0 Å². The minimum absolute atomic E-state index is 0.0424. The summed E-state index contributed by atoms with van der Waals surface area (Å²) in [5.74, 6) is 0.0424. The first kappa shape index (κ1) is 18.5. The topological polar surface area (TPSA) is 26.3 Å². The van der Waals surface area contributed by atoms with Crippen molar-refractivity contribution >= 4 is 19.3 Å². The van der Waals surface area contributed by atoms with Crippen molar-refractivity contribution in [2.45, 2.75) is 31.7 Å². The van der Waals surface area contributed by atoms with Gasteiger partial charge in [-0.3, -0.25) is 4.79 Å². The Bertz CT molecular complexity index is 1130. The molecular formula is C26H23O2P. The number of Topliss-reactive ketones (excluding diaryl/α,β-unsaturated/α-hetero) is 1. The van der Waals surface area contributed by atoms with Crippen LogP contribution < -0.4 is 0 Å². The van der Waals surface area contributed by atoms with E-state index in [1.54, 1.807) is 0 Å². The number of hydrogen-bond acceptors (Lipinski definition) is 2. The smallest absolute Gasteiger partial charge is 0.204 e. The molecule has 2 heterocycles. The Hall–Kier alpha value is -2.54. The first-order valence-corrected chi connectivity index (χ1v) is 10.9. The summed E-state index contributed by atoms with van der Waals surface area (Å²) >= 11 is 0. The molecule has 2 aliphatic rings. The summed E-state index contributed by atoms with van der Waals surface area (Å²) in [6, 6.07) is 28.3. The maximum Gasteiger partial charge on any atom is 0.204 e. The van der Waals surface area contributed by atoms with Crippen LogP contribution in [0.2, 0.25) is 0 Å². The summed E-state index contributed by atoms with van der Waals surface area (Å²) in [4.78, 5) is 14.1. The predicted molar refractivity (Wildman–Crippen MR) is 119 cm³/mol. The summed E-state index contributed by atoms with van der Waals surface area (Å²) < 4.78 is 7.02. The van der Waals surface area contributed by atoms with Gasteiger partial charge in [0.25, 0.3) is 0 Å². The van der Waals surface area contributed by atoms with Gasteiger partial charge in [0.05, 0.1) is 0 Å². The zero-order valence-electron chi connectivity index (χ0n) is 16.8. The first-order chi connectivity index (χ1) is 13.9. The maximum atomic E-state index is 14.1. The third kappa shape index (κ3) is 2.46. The average Bonchev–Trinajstić information content (AvgIpc) is 3.10.